The van der Waals surface area contributed by atoms with E-state index in [-0.39, 0.29) is 5.88 Å². The van der Waals surface area contributed by atoms with Gasteiger partial charge in [0.15, 0.2) is 0 Å². The Morgan fingerprint density at radius 1 is 1.24 bits per heavy atom. The minimum atomic E-state index is -0.651. The van der Waals surface area contributed by atoms with Crippen LogP contribution >= 0.6 is 0 Å². The van der Waals surface area contributed by atoms with Gasteiger partial charge in [-0.2, -0.15) is 0 Å². The molecule has 1 amide bonds. The van der Waals surface area contributed by atoms with Gasteiger partial charge in [0.05, 0.1) is 10.9 Å². The standard InChI is InChI=1S/C16H15N3O2/c17-15(20)14(9-11-5-2-1-3-6-11)19-10-13-12(16(19)21)7-4-8-18-13/h1-8,10,14,21H,9H2,(H2,17,20)/t14-/m0/s1. The van der Waals surface area contributed by atoms with Gasteiger partial charge >= 0.3 is 0 Å². The predicted molar refractivity (Wildman–Crippen MR) is 79.8 cm³/mol. The summed E-state index contributed by atoms with van der Waals surface area (Å²) in [6.45, 7) is 0. The third-order valence-electron chi connectivity index (χ3n) is 3.52. The maximum absolute atomic E-state index is 11.8. The largest absolute Gasteiger partial charge is 0.494 e. The maximum Gasteiger partial charge on any atom is 0.240 e. The third kappa shape index (κ3) is 2.45. The van der Waals surface area contributed by atoms with Crippen molar-refractivity contribution in [2.45, 2.75) is 12.5 Å². The maximum atomic E-state index is 11.8. The van der Waals surface area contributed by atoms with Gasteiger partial charge in [-0.25, -0.2) is 0 Å². The number of rotatable bonds is 4. The number of primary amides is 1. The van der Waals surface area contributed by atoms with Crippen molar-refractivity contribution in [2.24, 2.45) is 5.73 Å². The molecular formula is C16H15N3O2. The second-order valence-corrected chi connectivity index (χ2v) is 4.90. The van der Waals surface area contributed by atoms with Crippen molar-refractivity contribution >= 4 is 16.8 Å². The third-order valence-corrected chi connectivity index (χ3v) is 3.52. The van der Waals surface area contributed by atoms with E-state index in [4.69, 9.17) is 5.73 Å². The van der Waals surface area contributed by atoms with Crippen LogP contribution in [0, 0.1) is 0 Å². The van der Waals surface area contributed by atoms with E-state index in [1.165, 1.54) is 4.57 Å². The van der Waals surface area contributed by atoms with Gasteiger partial charge < -0.3 is 15.4 Å². The summed E-state index contributed by atoms with van der Waals surface area (Å²) in [6, 6.07) is 12.4. The summed E-state index contributed by atoms with van der Waals surface area (Å²) in [5, 5.41) is 10.9. The van der Waals surface area contributed by atoms with Crippen LogP contribution in [-0.4, -0.2) is 20.6 Å². The van der Waals surface area contributed by atoms with Gasteiger partial charge in [-0.1, -0.05) is 30.3 Å². The molecule has 106 valence electrons. The molecule has 0 unspecified atom stereocenters. The van der Waals surface area contributed by atoms with Crippen LogP contribution in [-0.2, 0) is 11.2 Å². The fourth-order valence-electron chi connectivity index (χ4n) is 2.45. The summed E-state index contributed by atoms with van der Waals surface area (Å²) in [4.78, 5) is 16.0. The number of carbonyl (C=O) groups excluding carboxylic acids is 1. The van der Waals surface area contributed by atoms with Gasteiger partial charge in [0.1, 0.15) is 6.04 Å². The topological polar surface area (TPSA) is 81.1 Å². The number of benzene rings is 1. The normalized spacial score (nSPS) is 12.4. The minimum Gasteiger partial charge on any atom is -0.494 e. The number of aromatic hydroxyl groups is 1. The van der Waals surface area contributed by atoms with Crippen molar-refractivity contribution in [1.29, 1.82) is 0 Å². The first-order chi connectivity index (χ1) is 10.2. The number of carbonyl (C=O) groups is 1. The summed E-state index contributed by atoms with van der Waals surface area (Å²) in [5.41, 5.74) is 7.13. The van der Waals surface area contributed by atoms with Crippen molar-refractivity contribution < 1.29 is 9.90 Å². The molecule has 0 aliphatic carbocycles. The molecule has 3 rings (SSSR count). The highest BCUT2D eigenvalue weighted by molar-refractivity contribution is 5.86. The summed E-state index contributed by atoms with van der Waals surface area (Å²) in [5.74, 6) is -0.479. The number of amides is 1. The number of nitrogens with two attached hydrogens (primary N) is 1. The van der Waals surface area contributed by atoms with E-state index < -0.39 is 11.9 Å². The molecule has 0 aliphatic rings. The van der Waals surface area contributed by atoms with Gasteiger partial charge in [0.2, 0.25) is 11.8 Å². The van der Waals surface area contributed by atoms with Crippen molar-refractivity contribution in [3.8, 4) is 5.88 Å². The smallest absolute Gasteiger partial charge is 0.240 e. The van der Waals surface area contributed by atoms with Crippen LogP contribution in [0.2, 0.25) is 0 Å². The lowest BCUT2D eigenvalue weighted by Crippen LogP contribution is -2.27. The lowest BCUT2D eigenvalue weighted by atomic mass is 10.1. The molecule has 0 bridgehead atoms. The number of hydrogen-bond acceptors (Lipinski definition) is 3. The average molecular weight is 281 g/mol. The fourth-order valence-corrected chi connectivity index (χ4v) is 2.45. The number of hydrogen-bond donors (Lipinski definition) is 2. The monoisotopic (exact) mass is 281 g/mol. The van der Waals surface area contributed by atoms with Gasteiger partial charge in [0, 0.05) is 18.8 Å². The zero-order valence-electron chi connectivity index (χ0n) is 11.3. The Hall–Kier alpha value is -2.82. The van der Waals surface area contributed by atoms with Crippen LogP contribution in [0.3, 0.4) is 0 Å². The molecule has 0 aliphatic heterocycles. The van der Waals surface area contributed by atoms with E-state index in [9.17, 15) is 9.90 Å². The summed E-state index contributed by atoms with van der Waals surface area (Å²) < 4.78 is 1.49. The van der Waals surface area contributed by atoms with E-state index in [1.807, 2.05) is 30.3 Å². The highest BCUT2D eigenvalue weighted by Crippen LogP contribution is 2.29. The van der Waals surface area contributed by atoms with Crippen LogP contribution < -0.4 is 5.73 Å². The highest BCUT2D eigenvalue weighted by Gasteiger charge is 2.22. The molecule has 0 saturated carbocycles. The van der Waals surface area contributed by atoms with E-state index in [1.54, 1.807) is 24.5 Å². The van der Waals surface area contributed by atoms with Crippen LogP contribution in [0.5, 0.6) is 5.88 Å². The first-order valence-electron chi connectivity index (χ1n) is 6.64. The summed E-state index contributed by atoms with van der Waals surface area (Å²) in [7, 11) is 0. The second kappa shape index (κ2) is 5.28. The zero-order valence-corrected chi connectivity index (χ0v) is 11.3. The Bertz CT molecular complexity index is 781. The molecule has 0 fully saturated rings. The molecule has 0 saturated heterocycles. The van der Waals surface area contributed by atoms with Gasteiger partial charge in [-0.3, -0.25) is 9.78 Å². The molecule has 0 radical (unpaired) electrons. The molecule has 5 nitrogen and oxygen atoms in total. The van der Waals surface area contributed by atoms with Crippen molar-refractivity contribution in [3.63, 3.8) is 0 Å². The molecular weight excluding hydrogens is 266 g/mol. The molecule has 1 atom stereocenters. The Kier molecular flexibility index (Phi) is 3.31. The number of fused-ring (bicyclic) bond motifs is 1. The molecule has 3 aromatic rings. The van der Waals surface area contributed by atoms with E-state index >= 15 is 0 Å². The van der Waals surface area contributed by atoms with Crippen LogP contribution in [0.1, 0.15) is 11.6 Å². The lowest BCUT2D eigenvalue weighted by molar-refractivity contribution is -0.121. The Labute approximate surface area is 121 Å². The molecule has 2 heterocycles. The van der Waals surface area contributed by atoms with Crippen molar-refractivity contribution in [1.82, 2.24) is 9.55 Å². The van der Waals surface area contributed by atoms with Crippen molar-refractivity contribution in [3.05, 3.63) is 60.4 Å². The van der Waals surface area contributed by atoms with Crippen LogP contribution in [0.15, 0.2) is 54.9 Å². The number of aromatic nitrogens is 2. The second-order valence-electron chi connectivity index (χ2n) is 4.90. The SMILES string of the molecule is NC(=O)[C@H](Cc1ccccc1)n1cc2ncccc2c1O. The highest BCUT2D eigenvalue weighted by atomic mass is 16.3. The molecule has 0 spiro atoms. The molecule has 21 heavy (non-hydrogen) atoms. The van der Waals surface area contributed by atoms with Crippen molar-refractivity contribution in [2.75, 3.05) is 0 Å². The average Bonchev–Trinajstić information content (AvgIpc) is 2.83. The van der Waals surface area contributed by atoms with Gasteiger partial charge in [0.25, 0.3) is 0 Å². The molecule has 2 aromatic heterocycles. The Morgan fingerprint density at radius 2 is 2.00 bits per heavy atom. The van der Waals surface area contributed by atoms with Gasteiger partial charge in [-0.15, -0.1) is 0 Å². The molecule has 1 aromatic carbocycles. The number of nitrogens with zero attached hydrogens (tertiary/aromatic N) is 2. The van der Waals surface area contributed by atoms with Crippen LogP contribution in [0.4, 0.5) is 0 Å². The summed E-state index contributed by atoms with van der Waals surface area (Å²) >= 11 is 0. The van der Waals surface area contributed by atoms with E-state index in [0.717, 1.165) is 5.56 Å². The zero-order chi connectivity index (χ0) is 14.8. The van der Waals surface area contributed by atoms with Crippen LogP contribution in [0.25, 0.3) is 10.9 Å². The lowest BCUT2D eigenvalue weighted by Gasteiger charge is -2.16. The summed E-state index contributed by atoms with van der Waals surface area (Å²) in [6.07, 6.45) is 3.72. The minimum absolute atomic E-state index is 0.0119. The van der Waals surface area contributed by atoms with Gasteiger partial charge in [-0.05, 0) is 17.7 Å². The predicted octanol–water partition coefficient (Wildman–Crippen LogP) is 2.01. The Morgan fingerprint density at radius 3 is 2.67 bits per heavy atom. The first kappa shape index (κ1) is 13.2. The quantitative estimate of drug-likeness (QED) is 0.767. The first-order valence-corrected chi connectivity index (χ1v) is 6.64. The fraction of sp³-hybridized carbons (Fsp3) is 0.125. The Balaban J connectivity index is 2.03. The van der Waals surface area contributed by atoms with E-state index in [0.29, 0.717) is 17.3 Å². The molecule has 5 heteroatoms. The molecule has 3 N–H and O–H groups in total. The van der Waals surface area contributed by atoms with E-state index in [2.05, 4.69) is 4.98 Å². The number of pyridine rings is 1.